The number of carboxylic acids is 1. The number of aromatic nitrogens is 3. The lowest BCUT2D eigenvalue weighted by Gasteiger charge is -2.16. The summed E-state index contributed by atoms with van der Waals surface area (Å²) in [6, 6.07) is -2.34. The highest BCUT2D eigenvalue weighted by molar-refractivity contribution is 5.83. The van der Waals surface area contributed by atoms with E-state index < -0.39 is 30.1 Å². The van der Waals surface area contributed by atoms with Gasteiger partial charge in [0, 0.05) is 6.42 Å². The van der Waals surface area contributed by atoms with Crippen LogP contribution in [0.4, 0.5) is 4.79 Å². The number of urea groups is 1. The number of carbonyl (C=O) groups excluding carboxylic acids is 2. The Bertz CT molecular complexity index is 489. The Morgan fingerprint density at radius 3 is 2.67 bits per heavy atom. The van der Waals surface area contributed by atoms with Gasteiger partial charge in [-0.2, -0.15) is 5.10 Å². The van der Waals surface area contributed by atoms with Crippen LogP contribution in [0.2, 0.25) is 0 Å². The molecule has 116 valence electrons. The Hall–Kier alpha value is -2.65. The molecule has 0 fully saturated rings. The van der Waals surface area contributed by atoms with Crippen LogP contribution in [0.3, 0.4) is 0 Å². The largest absolute Gasteiger partial charge is 0.480 e. The van der Waals surface area contributed by atoms with Crippen molar-refractivity contribution in [3.8, 4) is 0 Å². The number of H-pyrrole nitrogens is 1. The normalized spacial score (nSPS) is 13.0. The molecule has 4 N–H and O–H groups in total. The van der Waals surface area contributed by atoms with E-state index in [1.807, 2.05) is 0 Å². The molecule has 1 rings (SSSR count). The summed E-state index contributed by atoms with van der Waals surface area (Å²) in [5.74, 6) is -1.34. The van der Waals surface area contributed by atoms with Crippen molar-refractivity contribution in [3.63, 3.8) is 0 Å². The third-order valence-corrected chi connectivity index (χ3v) is 2.66. The highest BCUT2D eigenvalue weighted by atomic mass is 16.5. The van der Waals surface area contributed by atoms with Crippen molar-refractivity contribution in [1.29, 1.82) is 0 Å². The van der Waals surface area contributed by atoms with Crippen molar-refractivity contribution in [2.24, 2.45) is 0 Å². The van der Waals surface area contributed by atoms with Crippen LogP contribution >= 0.6 is 0 Å². The molecule has 0 aliphatic heterocycles. The van der Waals surface area contributed by atoms with Gasteiger partial charge in [-0.15, -0.1) is 0 Å². The van der Waals surface area contributed by atoms with Gasteiger partial charge in [0.25, 0.3) is 0 Å². The first-order chi connectivity index (χ1) is 9.93. The fraction of sp³-hybridized carbons (Fsp3) is 0.545. The number of methoxy groups -OCH3 is 1. The van der Waals surface area contributed by atoms with Crippen molar-refractivity contribution in [3.05, 3.63) is 12.2 Å². The molecule has 2 amide bonds. The minimum atomic E-state index is -1.23. The molecule has 1 aromatic heterocycles. The van der Waals surface area contributed by atoms with Gasteiger partial charge < -0.3 is 20.5 Å². The van der Waals surface area contributed by atoms with E-state index in [0.29, 0.717) is 5.82 Å². The number of aliphatic carboxylic acids is 1. The standard InChI is InChI=1S/C11H17N5O5/c1-6(9-12-5-13-16-9)14-11(20)15-7(10(18)19)3-4-8(17)21-2/h5-7H,3-4H2,1-2H3,(H,18,19)(H,12,13,16)(H2,14,15,20)/t6?,7-/m1/s1. The summed E-state index contributed by atoms with van der Waals surface area (Å²) in [4.78, 5) is 37.6. The quantitative estimate of drug-likeness (QED) is 0.499. The predicted molar refractivity (Wildman–Crippen MR) is 69.1 cm³/mol. The summed E-state index contributed by atoms with van der Waals surface area (Å²) in [6.07, 6.45) is 1.12. The molecule has 0 saturated carbocycles. The van der Waals surface area contributed by atoms with Gasteiger partial charge >= 0.3 is 18.0 Å². The van der Waals surface area contributed by atoms with Gasteiger partial charge in [-0.25, -0.2) is 14.6 Å². The van der Waals surface area contributed by atoms with Crippen LogP contribution in [0.15, 0.2) is 6.33 Å². The molecule has 0 radical (unpaired) electrons. The third kappa shape index (κ3) is 5.47. The van der Waals surface area contributed by atoms with Crippen molar-refractivity contribution in [2.75, 3.05) is 7.11 Å². The number of aromatic amines is 1. The second kappa shape index (κ2) is 7.82. The summed E-state index contributed by atoms with van der Waals surface area (Å²) in [5, 5.41) is 20.0. The van der Waals surface area contributed by atoms with Gasteiger partial charge in [0.05, 0.1) is 13.2 Å². The minimum absolute atomic E-state index is 0.0634. The molecule has 0 aliphatic rings. The fourth-order valence-electron chi connectivity index (χ4n) is 1.51. The molecule has 1 aromatic rings. The monoisotopic (exact) mass is 299 g/mol. The molecule has 0 saturated heterocycles. The molecular formula is C11H17N5O5. The second-order valence-corrected chi connectivity index (χ2v) is 4.22. The topological polar surface area (TPSA) is 146 Å². The summed E-state index contributed by atoms with van der Waals surface area (Å²) >= 11 is 0. The van der Waals surface area contributed by atoms with E-state index >= 15 is 0 Å². The SMILES string of the molecule is COC(=O)CC[C@@H](NC(=O)NC(C)c1ncn[nH]1)C(=O)O. The first-order valence-corrected chi connectivity index (χ1v) is 6.16. The molecule has 10 nitrogen and oxygen atoms in total. The summed E-state index contributed by atoms with van der Waals surface area (Å²) in [7, 11) is 1.21. The van der Waals surface area contributed by atoms with Gasteiger partial charge in [0.1, 0.15) is 18.2 Å². The highest BCUT2D eigenvalue weighted by Crippen LogP contribution is 2.04. The Morgan fingerprint density at radius 1 is 1.43 bits per heavy atom. The predicted octanol–water partition coefficient (Wildman–Crippen LogP) is -0.429. The zero-order valence-corrected chi connectivity index (χ0v) is 11.6. The average molecular weight is 299 g/mol. The molecule has 0 aliphatic carbocycles. The van der Waals surface area contributed by atoms with Crippen LogP contribution in [0.1, 0.15) is 31.6 Å². The Labute approximate surface area is 120 Å². The third-order valence-electron chi connectivity index (χ3n) is 2.66. The van der Waals surface area contributed by atoms with E-state index in [1.165, 1.54) is 13.4 Å². The van der Waals surface area contributed by atoms with Crippen LogP contribution in [0.5, 0.6) is 0 Å². The number of carboxylic acid groups (broad SMARTS) is 1. The molecule has 2 atom stereocenters. The van der Waals surface area contributed by atoms with Crippen molar-refractivity contribution < 1.29 is 24.2 Å². The van der Waals surface area contributed by atoms with Gasteiger partial charge in [-0.05, 0) is 13.3 Å². The number of hydrogen-bond donors (Lipinski definition) is 4. The van der Waals surface area contributed by atoms with Crippen molar-refractivity contribution >= 4 is 18.0 Å². The first-order valence-electron chi connectivity index (χ1n) is 6.16. The summed E-state index contributed by atoms with van der Waals surface area (Å²) < 4.78 is 4.42. The van der Waals surface area contributed by atoms with E-state index in [9.17, 15) is 14.4 Å². The summed E-state index contributed by atoms with van der Waals surface area (Å²) in [6.45, 7) is 1.66. The molecule has 21 heavy (non-hydrogen) atoms. The van der Waals surface area contributed by atoms with Gasteiger partial charge in [-0.1, -0.05) is 0 Å². The molecule has 10 heteroatoms. The Balaban J connectivity index is 2.48. The van der Waals surface area contributed by atoms with Gasteiger partial charge in [-0.3, -0.25) is 9.89 Å². The van der Waals surface area contributed by atoms with Crippen LogP contribution in [0, 0.1) is 0 Å². The van der Waals surface area contributed by atoms with Gasteiger partial charge in [0.2, 0.25) is 0 Å². The average Bonchev–Trinajstić information content (AvgIpc) is 2.96. The van der Waals surface area contributed by atoms with Crippen molar-refractivity contribution in [2.45, 2.75) is 31.8 Å². The Kier molecular flexibility index (Phi) is 6.11. The van der Waals surface area contributed by atoms with E-state index in [0.717, 1.165) is 0 Å². The lowest BCUT2D eigenvalue weighted by molar-refractivity contribution is -0.142. The number of nitrogens with zero attached hydrogens (tertiary/aromatic N) is 2. The second-order valence-electron chi connectivity index (χ2n) is 4.22. The van der Waals surface area contributed by atoms with E-state index in [4.69, 9.17) is 5.11 Å². The maximum Gasteiger partial charge on any atom is 0.326 e. The maximum atomic E-state index is 11.7. The lowest BCUT2D eigenvalue weighted by Crippen LogP contribution is -2.46. The van der Waals surface area contributed by atoms with Gasteiger partial charge in [0.15, 0.2) is 0 Å². The fourth-order valence-corrected chi connectivity index (χ4v) is 1.51. The molecule has 0 aromatic carbocycles. The number of carbonyl (C=O) groups is 3. The number of amides is 2. The van der Waals surface area contributed by atoms with E-state index in [2.05, 4.69) is 30.6 Å². The summed E-state index contributed by atoms with van der Waals surface area (Å²) in [5.41, 5.74) is 0. The van der Waals surface area contributed by atoms with E-state index in [-0.39, 0.29) is 12.8 Å². The number of nitrogens with one attached hydrogen (secondary N) is 3. The number of rotatable bonds is 7. The van der Waals surface area contributed by atoms with Crippen LogP contribution in [-0.2, 0) is 14.3 Å². The highest BCUT2D eigenvalue weighted by Gasteiger charge is 2.22. The molecule has 1 heterocycles. The van der Waals surface area contributed by atoms with Crippen molar-refractivity contribution in [1.82, 2.24) is 25.8 Å². The van der Waals surface area contributed by atoms with Crippen LogP contribution in [-0.4, -0.2) is 51.4 Å². The van der Waals surface area contributed by atoms with E-state index in [1.54, 1.807) is 6.92 Å². The zero-order valence-electron chi connectivity index (χ0n) is 11.6. The zero-order chi connectivity index (χ0) is 15.8. The Morgan fingerprint density at radius 2 is 2.14 bits per heavy atom. The van der Waals surface area contributed by atoms with Crippen LogP contribution in [0.25, 0.3) is 0 Å². The number of esters is 1. The lowest BCUT2D eigenvalue weighted by atomic mass is 10.1. The molecule has 1 unspecified atom stereocenters. The molecular weight excluding hydrogens is 282 g/mol. The molecule has 0 bridgehead atoms. The smallest absolute Gasteiger partial charge is 0.326 e. The maximum absolute atomic E-state index is 11.7. The number of ether oxygens (including phenoxy) is 1. The van der Waals surface area contributed by atoms with Crippen LogP contribution < -0.4 is 10.6 Å². The number of hydrogen-bond acceptors (Lipinski definition) is 6. The minimum Gasteiger partial charge on any atom is -0.480 e. The molecule has 0 spiro atoms. The first kappa shape index (κ1) is 16.4.